The molecule has 0 spiro atoms. The van der Waals surface area contributed by atoms with Gasteiger partial charge in [-0.1, -0.05) is 56.5 Å². The van der Waals surface area contributed by atoms with Gasteiger partial charge in [0.25, 0.3) is 0 Å². The first-order chi connectivity index (χ1) is 17.5. The van der Waals surface area contributed by atoms with Gasteiger partial charge in [0, 0.05) is 19.3 Å². The van der Waals surface area contributed by atoms with Crippen molar-refractivity contribution in [1.29, 1.82) is 0 Å². The van der Waals surface area contributed by atoms with Crippen LogP contribution in [0.5, 0.6) is 0 Å². The quantitative estimate of drug-likeness (QED) is 0.579. The third-order valence-corrected chi connectivity index (χ3v) is 8.32. The molecule has 7 heteroatoms. The number of fused-ring (bicyclic) bond motifs is 1. The van der Waals surface area contributed by atoms with Crippen molar-refractivity contribution in [3.8, 4) is 0 Å². The Morgan fingerprint density at radius 1 is 1.03 bits per heavy atom. The number of likely N-dealkylation sites (N-methyl/N-ethyl adjacent to an activating group) is 1. The van der Waals surface area contributed by atoms with Crippen molar-refractivity contribution in [2.24, 2.45) is 11.8 Å². The standard InChI is InChI=1S/C29H42N4O3/c1-3-24(30-2)27(34)31-25(22-13-8-5-9-14-22)28(35)33-20-17-23-15-10-18-32(29(36)26(23)33)19-16-21-11-6-4-7-12-21/h4,6-7,11-12,16,19,22-26,30H,3,5,8-10,13-15,17-18,20H2,1-2H3,(H,31,34)/t23-,24?,25?,26+/m1/s1. The highest BCUT2D eigenvalue weighted by molar-refractivity contribution is 5.94. The zero-order chi connectivity index (χ0) is 25.5. The summed E-state index contributed by atoms with van der Waals surface area (Å²) < 4.78 is 0. The van der Waals surface area contributed by atoms with Gasteiger partial charge in [0.2, 0.25) is 17.7 Å². The molecule has 1 saturated carbocycles. The highest BCUT2D eigenvalue weighted by Crippen LogP contribution is 2.35. The molecule has 3 amide bonds. The minimum absolute atomic E-state index is 0.00547. The first kappa shape index (κ1) is 26.4. The summed E-state index contributed by atoms with van der Waals surface area (Å²) in [6.45, 7) is 3.21. The van der Waals surface area contributed by atoms with Crippen LogP contribution in [0, 0.1) is 11.8 Å². The van der Waals surface area contributed by atoms with Gasteiger partial charge in [0.1, 0.15) is 12.1 Å². The highest BCUT2D eigenvalue weighted by Gasteiger charge is 2.47. The van der Waals surface area contributed by atoms with Crippen LogP contribution in [-0.4, -0.2) is 65.8 Å². The molecule has 1 aromatic carbocycles. The fourth-order valence-corrected chi connectivity index (χ4v) is 6.23. The Morgan fingerprint density at radius 3 is 2.47 bits per heavy atom. The van der Waals surface area contributed by atoms with E-state index in [0.717, 1.165) is 50.5 Å². The third-order valence-electron chi connectivity index (χ3n) is 8.32. The lowest BCUT2D eigenvalue weighted by Gasteiger charge is -2.36. The largest absolute Gasteiger partial charge is 0.343 e. The minimum Gasteiger partial charge on any atom is -0.343 e. The van der Waals surface area contributed by atoms with Crippen LogP contribution in [0.4, 0.5) is 0 Å². The van der Waals surface area contributed by atoms with Gasteiger partial charge in [-0.05, 0) is 69.0 Å². The van der Waals surface area contributed by atoms with Gasteiger partial charge in [-0.2, -0.15) is 0 Å². The lowest BCUT2D eigenvalue weighted by Crippen LogP contribution is -2.58. The number of likely N-dealkylation sites (tertiary alicyclic amines) is 2. The Hall–Kier alpha value is -2.67. The predicted molar refractivity (Wildman–Crippen MR) is 142 cm³/mol. The van der Waals surface area contributed by atoms with Gasteiger partial charge in [0.15, 0.2) is 0 Å². The number of carbonyl (C=O) groups excluding carboxylic acids is 3. The first-order valence-electron chi connectivity index (χ1n) is 13.8. The summed E-state index contributed by atoms with van der Waals surface area (Å²) in [5.41, 5.74) is 1.04. The maximum Gasteiger partial charge on any atom is 0.249 e. The van der Waals surface area contributed by atoms with Crippen molar-refractivity contribution in [2.75, 3.05) is 20.1 Å². The molecule has 196 valence electrons. The summed E-state index contributed by atoms with van der Waals surface area (Å²) in [4.78, 5) is 44.5. The average molecular weight is 495 g/mol. The van der Waals surface area contributed by atoms with Crippen LogP contribution in [0.2, 0.25) is 0 Å². The number of rotatable bonds is 8. The Bertz CT molecular complexity index is 924. The minimum atomic E-state index is -0.566. The molecule has 2 unspecified atom stereocenters. The summed E-state index contributed by atoms with van der Waals surface area (Å²) in [6, 6.07) is 8.62. The molecule has 2 aliphatic heterocycles. The molecule has 3 aliphatic rings. The smallest absolute Gasteiger partial charge is 0.249 e. The highest BCUT2D eigenvalue weighted by atomic mass is 16.2. The summed E-state index contributed by atoms with van der Waals surface area (Å²) >= 11 is 0. The van der Waals surface area contributed by atoms with Gasteiger partial charge in [-0.3, -0.25) is 14.4 Å². The van der Waals surface area contributed by atoms with E-state index in [1.807, 2.05) is 54.4 Å². The second-order valence-corrected chi connectivity index (χ2v) is 10.6. The van der Waals surface area contributed by atoms with Gasteiger partial charge >= 0.3 is 0 Å². The van der Waals surface area contributed by atoms with Crippen molar-refractivity contribution in [3.63, 3.8) is 0 Å². The molecule has 2 heterocycles. The van der Waals surface area contributed by atoms with E-state index < -0.39 is 12.1 Å². The lowest BCUT2D eigenvalue weighted by atomic mass is 9.83. The molecule has 2 N–H and O–H groups in total. The predicted octanol–water partition coefficient (Wildman–Crippen LogP) is 3.56. The maximum absolute atomic E-state index is 14.1. The van der Waals surface area contributed by atoms with Crippen molar-refractivity contribution in [1.82, 2.24) is 20.4 Å². The Morgan fingerprint density at radius 2 is 1.78 bits per heavy atom. The second-order valence-electron chi connectivity index (χ2n) is 10.6. The maximum atomic E-state index is 14.1. The number of hydrogen-bond acceptors (Lipinski definition) is 4. The molecule has 1 aliphatic carbocycles. The van der Waals surface area contributed by atoms with Crippen molar-refractivity contribution < 1.29 is 14.4 Å². The molecule has 0 radical (unpaired) electrons. The van der Waals surface area contributed by atoms with E-state index in [-0.39, 0.29) is 35.6 Å². The summed E-state index contributed by atoms with van der Waals surface area (Å²) in [7, 11) is 1.78. The zero-order valence-electron chi connectivity index (χ0n) is 21.8. The van der Waals surface area contributed by atoms with Crippen LogP contribution in [0.1, 0.15) is 70.3 Å². The summed E-state index contributed by atoms with van der Waals surface area (Å²) in [5.74, 6) is 0.111. The molecule has 3 fully saturated rings. The van der Waals surface area contributed by atoms with Crippen LogP contribution >= 0.6 is 0 Å². The van der Waals surface area contributed by atoms with E-state index in [2.05, 4.69) is 10.6 Å². The molecule has 2 saturated heterocycles. The van der Waals surface area contributed by atoms with Gasteiger partial charge < -0.3 is 20.4 Å². The van der Waals surface area contributed by atoms with Gasteiger partial charge in [-0.25, -0.2) is 0 Å². The van der Waals surface area contributed by atoms with Crippen LogP contribution in [0.15, 0.2) is 36.5 Å². The number of nitrogens with zero attached hydrogens (tertiary/aromatic N) is 2. The average Bonchev–Trinajstić information content (AvgIpc) is 3.27. The van der Waals surface area contributed by atoms with Crippen LogP contribution < -0.4 is 10.6 Å². The Balaban J connectivity index is 1.54. The fraction of sp³-hybridized carbons (Fsp3) is 0.621. The summed E-state index contributed by atoms with van der Waals surface area (Å²) in [6.07, 6.45) is 12.4. The number of benzene rings is 1. The SMILES string of the molecule is CCC(NC)C(=O)NC(C(=O)N1CC[C@H]2CCCN(C=Cc3ccccc3)C(=O)[C@H]21)C1CCCCC1. The topological polar surface area (TPSA) is 81.8 Å². The monoisotopic (exact) mass is 494 g/mol. The Kier molecular flexibility index (Phi) is 9.19. The first-order valence-corrected chi connectivity index (χ1v) is 13.8. The number of hydrogen-bond donors (Lipinski definition) is 2. The van der Waals surface area contributed by atoms with E-state index in [4.69, 9.17) is 0 Å². The molecular formula is C29H42N4O3. The van der Waals surface area contributed by atoms with Crippen molar-refractivity contribution in [3.05, 3.63) is 42.1 Å². The van der Waals surface area contributed by atoms with E-state index in [9.17, 15) is 14.4 Å². The van der Waals surface area contributed by atoms with Crippen molar-refractivity contribution >= 4 is 23.8 Å². The van der Waals surface area contributed by atoms with Crippen LogP contribution in [-0.2, 0) is 14.4 Å². The fourth-order valence-electron chi connectivity index (χ4n) is 6.23. The molecule has 4 atom stereocenters. The molecule has 0 aromatic heterocycles. The molecule has 36 heavy (non-hydrogen) atoms. The molecule has 4 rings (SSSR count). The number of amides is 3. The molecule has 0 bridgehead atoms. The normalized spacial score (nSPS) is 24.9. The van der Waals surface area contributed by atoms with Crippen LogP contribution in [0.25, 0.3) is 6.08 Å². The second kappa shape index (κ2) is 12.5. The number of carbonyl (C=O) groups is 3. The molecular weight excluding hydrogens is 452 g/mol. The molecule has 1 aromatic rings. The van der Waals surface area contributed by atoms with Crippen LogP contribution in [0.3, 0.4) is 0 Å². The van der Waals surface area contributed by atoms with E-state index in [0.29, 0.717) is 19.5 Å². The number of nitrogens with one attached hydrogen (secondary N) is 2. The summed E-state index contributed by atoms with van der Waals surface area (Å²) in [5, 5.41) is 6.17. The zero-order valence-corrected chi connectivity index (χ0v) is 21.8. The van der Waals surface area contributed by atoms with E-state index >= 15 is 0 Å². The lowest BCUT2D eigenvalue weighted by molar-refractivity contribution is -0.146. The third kappa shape index (κ3) is 6.00. The molecule has 7 nitrogen and oxygen atoms in total. The van der Waals surface area contributed by atoms with Gasteiger partial charge in [0.05, 0.1) is 6.04 Å². The Labute approximate surface area is 215 Å². The van der Waals surface area contributed by atoms with Gasteiger partial charge in [-0.15, -0.1) is 0 Å². The van der Waals surface area contributed by atoms with Crippen molar-refractivity contribution in [2.45, 2.75) is 82.8 Å². The van der Waals surface area contributed by atoms with E-state index in [1.165, 1.54) is 6.42 Å². The van der Waals surface area contributed by atoms with E-state index in [1.54, 1.807) is 11.9 Å².